The third-order valence-electron chi connectivity index (χ3n) is 2.01. The molecule has 76 valence electrons. The summed E-state index contributed by atoms with van der Waals surface area (Å²) in [5.41, 5.74) is 5.24. The molecule has 0 aromatic carbocycles. The minimum atomic E-state index is -0.438. The molecule has 1 saturated heterocycles. The van der Waals surface area contributed by atoms with Crippen molar-refractivity contribution in [2.75, 3.05) is 13.1 Å². The Hall–Kier alpha value is -0.610. The Bertz CT molecular complexity index is 198. The molecule has 0 saturated carbocycles. The first-order chi connectivity index (χ1) is 5.89. The molecule has 4 nitrogen and oxygen atoms in total. The molecule has 1 aliphatic heterocycles. The predicted molar refractivity (Wildman–Crippen MR) is 49.7 cm³/mol. The van der Waals surface area contributed by atoms with E-state index in [1.165, 1.54) is 0 Å². The van der Waals surface area contributed by atoms with Gasteiger partial charge in [0.25, 0.3) is 0 Å². The number of hydrogen-bond donors (Lipinski definition) is 1. The Labute approximate surface area is 79.0 Å². The highest BCUT2D eigenvalue weighted by atomic mass is 16.7. The minimum absolute atomic E-state index is 0.146. The van der Waals surface area contributed by atoms with E-state index >= 15 is 0 Å². The van der Waals surface area contributed by atoms with Crippen LogP contribution in [0, 0.1) is 5.41 Å². The maximum Gasteiger partial charge on any atom is 0.330 e. The third-order valence-corrected chi connectivity index (χ3v) is 2.01. The second kappa shape index (κ2) is 3.64. The van der Waals surface area contributed by atoms with Gasteiger partial charge in [-0.05, 0) is 27.2 Å². The average molecular weight is 186 g/mol. The van der Waals surface area contributed by atoms with E-state index in [4.69, 9.17) is 10.6 Å². The number of nitrogens with zero attached hydrogens (tertiary/aromatic N) is 1. The zero-order valence-electron chi connectivity index (χ0n) is 8.54. The largest absolute Gasteiger partial charge is 0.367 e. The number of hydrogen-bond acceptors (Lipinski definition) is 4. The summed E-state index contributed by atoms with van der Waals surface area (Å²) >= 11 is 0. The van der Waals surface area contributed by atoms with Crippen molar-refractivity contribution < 1.29 is 9.63 Å². The molecule has 13 heavy (non-hydrogen) atoms. The van der Waals surface area contributed by atoms with Crippen molar-refractivity contribution in [3.05, 3.63) is 0 Å². The summed E-state index contributed by atoms with van der Waals surface area (Å²) in [7, 11) is 0. The topological polar surface area (TPSA) is 55.6 Å². The van der Waals surface area contributed by atoms with E-state index in [9.17, 15) is 4.79 Å². The van der Waals surface area contributed by atoms with Gasteiger partial charge in [0.2, 0.25) is 0 Å². The second-order valence-corrected chi connectivity index (χ2v) is 4.57. The van der Waals surface area contributed by atoms with Gasteiger partial charge in [-0.2, -0.15) is 0 Å². The van der Waals surface area contributed by atoms with Crippen LogP contribution in [-0.4, -0.2) is 30.2 Å². The van der Waals surface area contributed by atoms with Gasteiger partial charge in [-0.15, -0.1) is 5.06 Å². The summed E-state index contributed by atoms with van der Waals surface area (Å²) in [6.45, 7) is 6.92. The highest BCUT2D eigenvalue weighted by molar-refractivity contribution is 5.75. The van der Waals surface area contributed by atoms with Crippen LogP contribution in [0.5, 0.6) is 0 Å². The van der Waals surface area contributed by atoms with Gasteiger partial charge < -0.3 is 10.6 Å². The molecule has 0 aliphatic carbocycles. The first-order valence-corrected chi connectivity index (χ1v) is 4.62. The Morgan fingerprint density at radius 3 is 2.54 bits per heavy atom. The maximum atomic E-state index is 11.4. The normalized spacial score (nSPS) is 24.8. The first kappa shape index (κ1) is 10.5. The number of nitrogens with two attached hydrogens (primary N) is 1. The van der Waals surface area contributed by atoms with Crippen molar-refractivity contribution in [1.82, 2.24) is 5.06 Å². The van der Waals surface area contributed by atoms with Crippen LogP contribution >= 0.6 is 0 Å². The molecule has 4 heteroatoms. The summed E-state index contributed by atoms with van der Waals surface area (Å²) in [6.07, 6.45) is 0.900. The van der Waals surface area contributed by atoms with Crippen LogP contribution in [0.1, 0.15) is 27.2 Å². The highest BCUT2D eigenvalue weighted by Gasteiger charge is 2.28. The average Bonchev–Trinajstić information content (AvgIpc) is 2.33. The molecule has 0 spiro atoms. The molecule has 1 rings (SSSR count). The summed E-state index contributed by atoms with van der Waals surface area (Å²) in [5.74, 6) is -0.193. The van der Waals surface area contributed by atoms with Gasteiger partial charge in [0.15, 0.2) is 0 Å². The summed E-state index contributed by atoms with van der Waals surface area (Å²) < 4.78 is 0. The lowest BCUT2D eigenvalue weighted by Crippen LogP contribution is -2.33. The van der Waals surface area contributed by atoms with Crippen molar-refractivity contribution in [3.8, 4) is 0 Å². The van der Waals surface area contributed by atoms with Crippen LogP contribution in [0.4, 0.5) is 0 Å². The Morgan fingerprint density at radius 2 is 2.15 bits per heavy atom. The van der Waals surface area contributed by atoms with E-state index in [2.05, 4.69) is 0 Å². The second-order valence-electron chi connectivity index (χ2n) is 4.57. The maximum absolute atomic E-state index is 11.4. The number of carbonyl (C=O) groups is 1. The molecule has 1 aliphatic rings. The fourth-order valence-corrected chi connectivity index (χ4v) is 1.09. The highest BCUT2D eigenvalue weighted by Crippen LogP contribution is 2.17. The monoisotopic (exact) mass is 186 g/mol. The van der Waals surface area contributed by atoms with Gasteiger partial charge in [-0.1, -0.05) is 0 Å². The van der Waals surface area contributed by atoms with Crippen molar-refractivity contribution in [3.63, 3.8) is 0 Å². The van der Waals surface area contributed by atoms with Crippen LogP contribution in [0.25, 0.3) is 0 Å². The first-order valence-electron chi connectivity index (χ1n) is 4.62. The molecule has 0 amide bonds. The standard InChI is InChI=1S/C9H18N2O2/c1-9(2,3)8(12)13-11-5-4-7(10)6-11/h7H,4-6,10H2,1-3H3. The summed E-state index contributed by atoms with van der Waals surface area (Å²) in [5, 5.41) is 1.65. The summed E-state index contributed by atoms with van der Waals surface area (Å²) in [4.78, 5) is 16.6. The van der Waals surface area contributed by atoms with Gasteiger partial charge in [0.05, 0.1) is 12.0 Å². The van der Waals surface area contributed by atoms with Gasteiger partial charge >= 0.3 is 5.97 Å². The van der Waals surface area contributed by atoms with Gasteiger partial charge in [0, 0.05) is 12.6 Å². The van der Waals surface area contributed by atoms with Gasteiger partial charge in [-0.25, -0.2) is 4.79 Å². The van der Waals surface area contributed by atoms with Gasteiger partial charge in [-0.3, -0.25) is 0 Å². The van der Waals surface area contributed by atoms with E-state index in [0.717, 1.165) is 13.0 Å². The number of rotatable bonds is 1. The fourth-order valence-electron chi connectivity index (χ4n) is 1.09. The predicted octanol–water partition coefficient (Wildman–Crippen LogP) is 0.524. The van der Waals surface area contributed by atoms with Crippen LogP contribution in [0.2, 0.25) is 0 Å². The SMILES string of the molecule is CC(C)(C)C(=O)ON1CCC(N)C1. The number of hydroxylamine groups is 2. The molecule has 0 aromatic rings. The zero-order valence-corrected chi connectivity index (χ0v) is 8.54. The van der Waals surface area contributed by atoms with E-state index < -0.39 is 5.41 Å². The molecule has 2 N–H and O–H groups in total. The van der Waals surface area contributed by atoms with Crippen LogP contribution in [-0.2, 0) is 9.63 Å². The Balaban J connectivity index is 2.37. The molecule has 1 heterocycles. The molecular formula is C9H18N2O2. The molecule has 0 aromatic heterocycles. The summed E-state index contributed by atoms with van der Waals surface area (Å²) in [6, 6.07) is 0.146. The third kappa shape index (κ3) is 2.97. The van der Waals surface area contributed by atoms with Crippen LogP contribution in [0.15, 0.2) is 0 Å². The van der Waals surface area contributed by atoms with E-state index in [1.54, 1.807) is 5.06 Å². The molecule has 1 atom stereocenters. The molecule has 0 bridgehead atoms. The van der Waals surface area contributed by atoms with Crippen molar-refractivity contribution in [2.24, 2.45) is 11.1 Å². The minimum Gasteiger partial charge on any atom is -0.367 e. The molecule has 1 unspecified atom stereocenters. The van der Waals surface area contributed by atoms with E-state index in [1.807, 2.05) is 20.8 Å². The number of carbonyl (C=O) groups excluding carboxylic acids is 1. The van der Waals surface area contributed by atoms with Crippen LogP contribution < -0.4 is 5.73 Å². The van der Waals surface area contributed by atoms with Crippen molar-refractivity contribution >= 4 is 5.97 Å². The van der Waals surface area contributed by atoms with Crippen LogP contribution in [0.3, 0.4) is 0 Å². The molecule has 1 fully saturated rings. The van der Waals surface area contributed by atoms with E-state index in [0.29, 0.717) is 6.54 Å². The van der Waals surface area contributed by atoms with E-state index in [-0.39, 0.29) is 12.0 Å². The Kier molecular flexibility index (Phi) is 2.93. The molecule has 0 radical (unpaired) electrons. The fraction of sp³-hybridized carbons (Fsp3) is 0.889. The van der Waals surface area contributed by atoms with Crippen molar-refractivity contribution in [2.45, 2.75) is 33.2 Å². The van der Waals surface area contributed by atoms with Crippen molar-refractivity contribution in [1.29, 1.82) is 0 Å². The van der Waals surface area contributed by atoms with Gasteiger partial charge in [0.1, 0.15) is 0 Å². The smallest absolute Gasteiger partial charge is 0.330 e. The lowest BCUT2D eigenvalue weighted by Gasteiger charge is -2.21. The quantitative estimate of drug-likeness (QED) is 0.648. The zero-order chi connectivity index (χ0) is 10.1. The lowest BCUT2D eigenvalue weighted by molar-refractivity contribution is -0.195. The molecular weight excluding hydrogens is 168 g/mol. The Morgan fingerprint density at radius 1 is 1.54 bits per heavy atom. The lowest BCUT2D eigenvalue weighted by atomic mass is 9.98.